The maximum Gasteiger partial charge on any atom is 0.0582 e. The Morgan fingerprint density at radius 3 is 1.84 bits per heavy atom. The second-order valence-electron chi connectivity index (χ2n) is 14.1. The zero-order valence-corrected chi connectivity index (χ0v) is 28.6. The quantitative estimate of drug-likeness (QED) is 0.178. The third kappa shape index (κ3) is 4.84. The van der Waals surface area contributed by atoms with Crippen molar-refractivity contribution in [2.45, 2.75) is 25.2 Å². The fourth-order valence-corrected chi connectivity index (χ4v) is 8.88. The first-order valence-electron chi connectivity index (χ1n) is 18.1. The highest BCUT2D eigenvalue weighted by Gasteiger charge is 2.33. The molecule has 1 aliphatic carbocycles. The van der Waals surface area contributed by atoms with Gasteiger partial charge in [0, 0.05) is 16.5 Å². The molecule has 1 aromatic heterocycles. The Hall–Kier alpha value is -6.18. The first kappa shape index (κ1) is 29.7. The zero-order chi connectivity index (χ0) is 33.9. The van der Waals surface area contributed by atoms with Crippen molar-refractivity contribution in [2.75, 3.05) is 0 Å². The van der Waals surface area contributed by atoms with Crippen molar-refractivity contribution in [2.24, 2.45) is 0 Å². The highest BCUT2D eigenvalue weighted by Crippen LogP contribution is 2.51. The fourth-order valence-electron chi connectivity index (χ4n) is 8.88. The number of benzene rings is 8. The smallest absolute Gasteiger partial charge is 0.0582 e. The summed E-state index contributed by atoms with van der Waals surface area (Å²) >= 11 is 0. The summed E-state index contributed by atoms with van der Waals surface area (Å²) in [7, 11) is 0. The van der Waals surface area contributed by atoms with Gasteiger partial charge >= 0.3 is 0 Å². The molecule has 2 atom stereocenters. The van der Waals surface area contributed by atoms with Crippen molar-refractivity contribution in [3.05, 3.63) is 199 Å². The highest BCUT2D eigenvalue weighted by molar-refractivity contribution is 6.22. The van der Waals surface area contributed by atoms with Crippen LogP contribution in [-0.4, -0.2) is 4.57 Å². The lowest BCUT2D eigenvalue weighted by Gasteiger charge is -2.27. The largest absolute Gasteiger partial charge is 0.309 e. The van der Waals surface area contributed by atoms with Crippen LogP contribution in [0.5, 0.6) is 0 Å². The Labute approximate surface area is 299 Å². The molecule has 0 saturated carbocycles. The fraction of sp³-hybridized carbons (Fsp3) is 0.0800. The second kappa shape index (κ2) is 12.0. The Morgan fingerprint density at radius 1 is 0.490 bits per heavy atom. The molecule has 1 heteroatoms. The third-order valence-electron chi connectivity index (χ3n) is 11.3. The standard InChI is InChI=1S/C50H37N/c1-33-46(40-30-38(34-15-5-2-6-16-34)29-39(31-40)35-17-7-3-8-18-35)32-37-20-12-13-23-42(37)44-26-27-45-49-43-24-14-11-19-36(43)25-28-47(49)51(50(45)48(33)44)41-21-9-4-10-22-41/h2-31,33,46H,32H2,1H3. The molecule has 0 amide bonds. The molecule has 0 radical (unpaired) electrons. The molecule has 0 aliphatic heterocycles. The normalized spacial score (nSPS) is 15.5. The summed E-state index contributed by atoms with van der Waals surface area (Å²) in [6, 6.07) is 67.4. The van der Waals surface area contributed by atoms with Gasteiger partial charge in [-0.1, -0.05) is 165 Å². The van der Waals surface area contributed by atoms with E-state index in [1.54, 1.807) is 0 Å². The van der Waals surface area contributed by atoms with Crippen molar-refractivity contribution in [3.63, 3.8) is 0 Å². The number of rotatable bonds is 4. The van der Waals surface area contributed by atoms with Gasteiger partial charge in [-0.15, -0.1) is 0 Å². The van der Waals surface area contributed by atoms with Crippen LogP contribution in [0.15, 0.2) is 182 Å². The van der Waals surface area contributed by atoms with Crippen LogP contribution in [0.3, 0.4) is 0 Å². The molecular formula is C50H37N. The summed E-state index contributed by atoms with van der Waals surface area (Å²) in [4.78, 5) is 0. The SMILES string of the molecule is CC1c2c(ccc3c4c5ccccc5ccc4n(-c4ccccc4)c23)-c2ccccc2CC1c1cc(-c2ccccc2)cc(-c2ccccc2)c1. The topological polar surface area (TPSA) is 4.93 Å². The van der Waals surface area contributed by atoms with Crippen LogP contribution in [0, 0.1) is 0 Å². The van der Waals surface area contributed by atoms with Gasteiger partial charge in [-0.05, 0) is 103 Å². The van der Waals surface area contributed by atoms with E-state index in [0.29, 0.717) is 0 Å². The zero-order valence-electron chi connectivity index (χ0n) is 28.6. The number of aromatic nitrogens is 1. The molecule has 51 heavy (non-hydrogen) atoms. The Balaban J connectivity index is 1.30. The predicted octanol–water partition coefficient (Wildman–Crippen LogP) is 13.4. The van der Waals surface area contributed by atoms with Crippen LogP contribution >= 0.6 is 0 Å². The number of nitrogens with zero attached hydrogens (tertiary/aromatic N) is 1. The van der Waals surface area contributed by atoms with E-state index in [2.05, 4.69) is 193 Å². The van der Waals surface area contributed by atoms with E-state index >= 15 is 0 Å². The molecule has 9 aromatic rings. The first-order valence-corrected chi connectivity index (χ1v) is 18.1. The number of fused-ring (bicyclic) bond motifs is 9. The van der Waals surface area contributed by atoms with E-state index < -0.39 is 0 Å². The summed E-state index contributed by atoms with van der Waals surface area (Å²) < 4.78 is 2.55. The number of hydrogen-bond acceptors (Lipinski definition) is 0. The van der Waals surface area contributed by atoms with E-state index in [9.17, 15) is 0 Å². The van der Waals surface area contributed by atoms with Crippen molar-refractivity contribution in [3.8, 4) is 39.1 Å². The molecule has 1 nitrogen and oxygen atoms in total. The average Bonchev–Trinajstić information content (AvgIpc) is 3.49. The van der Waals surface area contributed by atoms with E-state index in [1.165, 1.54) is 88.3 Å². The minimum absolute atomic E-state index is 0.226. The maximum absolute atomic E-state index is 2.55. The molecule has 8 aromatic carbocycles. The molecule has 1 aliphatic rings. The van der Waals surface area contributed by atoms with Gasteiger partial charge in [-0.2, -0.15) is 0 Å². The molecule has 242 valence electrons. The Morgan fingerprint density at radius 2 is 1.12 bits per heavy atom. The van der Waals surface area contributed by atoms with Crippen LogP contribution in [0.25, 0.3) is 71.6 Å². The minimum Gasteiger partial charge on any atom is -0.309 e. The molecule has 0 saturated heterocycles. The van der Waals surface area contributed by atoms with Crippen LogP contribution < -0.4 is 0 Å². The maximum atomic E-state index is 2.55. The number of para-hydroxylation sites is 1. The Bertz CT molecular complexity index is 2660. The molecule has 0 bridgehead atoms. The van der Waals surface area contributed by atoms with E-state index in [0.717, 1.165) is 6.42 Å². The number of hydrogen-bond donors (Lipinski definition) is 0. The van der Waals surface area contributed by atoms with Crippen molar-refractivity contribution < 1.29 is 0 Å². The van der Waals surface area contributed by atoms with Gasteiger partial charge in [0.25, 0.3) is 0 Å². The lowest BCUT2D eigenvalue weighted by molar-refractivity contribution is 0.582. The van der Waals surface area contributed by atoms with Gasteiger partial charge in [0.05, 0.1) is 11.0 Å². The first-order chi connectivity index (χ1) is 25.2. The molecule has 0 spiro atoms. The monoisotopic (exact) mass is 651 g/mol. The highest BCUT2D eigenvalue weighted by atomic mass is 15.0. The molecule has 1 heterocycles. The van der Waals surface area contributed by atoms with Gasteiger partial charge in [0.2, 0.25) is 0 Å². The van der Waals surface area contributed by atoms with Crippen LogP contribution in [0.2, 0.25) is 0 Å². The van der Waals surface area contributed by atoms with Gasteiger partial charge < -0.3 is 4.57 Å². The van der Waals surface area contributed by atoms with E-state index in [4.69, 9.17) is 0 Å². The third-order valence-corrected chi connectivity index (χ3v) is 11.3. The average molecular weight is 652 g/mol. The molecule has 2 unspecified atom stereocenters. The summed E-state index contributed by atoms with van der Waals surface area (Å²) in [6.07, 6.45) is 0.967. The Kier molecular flexibility index (Phi) is 6.99. The molecule has 0 fully saturated rings. The van der Waals surface area contributed by atoms with Crippen LogP contribution in [0.4, 0.5) is 0 Å². The van der Waals surface area contributed by atoms with Crippen molar-refractivity contribution in [1.82, 2.24) is 4.57 Å². The molecule has 0 N–H and O–H groups in total. The van der Waals surface area contributed by atoms with Gasteiger partial charge in [-0.3, -0.25) is 0 Å². The van der Waals surface area contributed by atoms with Crippen molar-refractivity contribution in [1.29, 1.82) is 0 Å². The van der Waals surface area contributed by atoms with Gasteiger partial charge in [0.15, 0.2) is 0 Å². The predicted molar refractivity (Wildman–Crippen MR) is 216 cm³/mol. The minimum atomic E-state index is 0.226. The van der Waals surface area contributed by atoms with Gasteiger partial charge in [-0.25, -0.2) is 0 Å². The lowest BCUT2D eigenvalue weighted by atomic mass is 9.78. The summed E-state index contributed by atoms with van der Waals surface area (Å²) in [5.74, 6) is 0.479. The molecular weight excluding hydrogens is 615 g/mol. The summed E-state index contributed by atoms with van der Waals surface area (Å²) in [5.41, 5.74) is 15.7. The van der Waals surface area contributed by atoms with E-state index in [1.807, 2.05) is 0 Å². The van der Waals surface area contributed by atoms with E-state index in [-0.39, 0.29) is 11.8 Å². The lowest BCUT2D eigenvalue weighted by Crippen LogP contribution is -2.12. The molecule has 10 rings (SSSR count). The van der Waals surface area contributed by atoms with Crippen molar-refractivity contribution >= 4 is 32.6 Å². The summed E-state index contributed by atoms with van der Waals surface area (Å²) in [6.45, 7) is 2.48. The second-order valence-corrected chi connectivity index (χ2v) is 14.1. The van der Waals surface area contributed by atoms with Crippen LogP contribution in [-0.2, 0) is 6.42 Å². The van der Waals surface area contributed by atoms with Crippen LogP contribution in [0.1, 0.15) is 35.4 Å². The summed E-state index contributed by atoms with van der Waals surface area (Å²) in [5, 5.41) is 5.22. The van der Waals surface area contributed by atoms with Gasteiger partial charge in [0.1, 0.15) is 0 Å².